The van der Waals surface area contributed by atoms with E-state index in [9.17, 15) is 0 Å². The summed E-state index contributed by atoms with van der Waals surface area (Å²) >= 11 is 6.45. The topological polar surface area (TPSA) is 37.4 Å². The zero-order valence-corrected chi connectivity index (χ0v) is 17.6. The van der Waals surface area contributed by atoms with Crippen LogP contribution >= 0.6 is 11.6 Å². The number of anilines is 1. The molecule has 0 aliphatic rings. The number of nitrogens with one attached hydrogen (secondary N) is 1. The standard InChI is InChI=1S/C21H32ClN3O/c1-14(2)11-25(12-15(3)4)13-16(5)24-18-10-19(26-6)20(22)17-8-7-9-23-21(17)18/h7-10,14-16,24H,11-13H2,1-6H3/t16-/m1/s1. The van der Waals surface area contributed by atoms with Gasteiger partial charge in [-0.1, -0.05) is 39.3 Å². The van der Waals surface area contributed by atoms with Crippen molar-refractivity contribution in [3.05, 3.63) is 29.4 Å². The van der Waals surface area contributed by atoms with Crippen LogP contribution in [0.2, 0.25) is 5.02 Å². The van der Waals surface area contributed by atoms with Crippen LogP contribution in [-0.4, -0.2) is 42.7 Å². The highest BCUT2D eigenvalue weighted by molar-refractivity contribution is 6.37. The van der Waals surface area contributed by atoms with E-state index in [1.807, 2.05) is 18.2 Å². The van der Waals surface area contributed by atoms with Crippen molar-refractivity contribution in [3.63, 3.8) is 0 Å². The van der Waals surface area contributed by atoms with Crippen LogP contribution in [-0.2, 0) is 0 Å². The molecule has 0 saturated carbocycles. The van der Waals surface area contributed by atoms with Crippen molar-refractivity contribution >= 4 is 28.2 Å². The van der Waals surface area contributed by atoms with E-state index in [0.717, 1.165) is 36.2 Å². The van der Waals surface area contributed by atoms with Crippen LogP contribution in [0.15, 0.2) is 24.4 Å². The summed E-state index contributed by atoms with van der Waals surface area (Å²) in [4.78, 5) is 7.07. The molecule has 0 aliphatic carbocycles. The van der Waals surface area contributed by atoms with Crippen LogP contribution in [0.25, 0.3) is 10.9 Å². The second kappa shape index (κ2) is 9.43. The summed E-state index contributed by atoms with van der Waals surface area (Å²) in [6.07, 6.45) is 1.80. The minimum Gasteiger partial charge on any atom is -0.495 e. The zero-order valence-electron chi connectivity index (χ0n) is 16.8. The molecule has 1 aromatic carbocycles. The Morgan fingerprint density at radius 3 is 2.35 bits per heavy atom. The molecule has 0 radical (unpaired) electrons. The van der Waals surface area contributed by atoms with E-state index >= 15 is 0 Å². The summed E-state index contributed by atoms with van der Waals surface area (Å²) in [5.41, 5.74) is 1.84. The lowest BCUT2D eigenvalue weighted by Crippen LogP contribution is -2.39. The Balaban J connectivity index is 2.22. The van der Waals surface area contributed by atoms with Crippen molar-refractivity contribution in [2.24, 2.45) is 11.8 Å². The molecular weight excluding hydrogens is 346 g/mol. The minimum atomic E-state index is 0.281. The van der Waals surface area contributed by atoms with Gasteiger partial charge in [0.2, 0.25) is 0 Å². The van der Waals surface area contributed by atoms with E-state index < -0.39 is 0 Å². The molecule has 0 unspecified atom stereocenters. The molecule has 26 heavy (non-hydrogen) atoms. The number of nitrogens with zero attached hydrogens (tertiary/aromatic N) is 2. The second-order valence-corrected chi connectivity index (χ2v) is 8.27. The van der Waals surface area contributed by atoms with Gasteiger partial charge in [0, 0.05) is 43.3 Å². The number of methoxy groups -OCH3 is 1. The van der Waals surface area contributed by atoms with Crippen LogP contribution < -0.4 is 10.1 Å². The van der Waals surface area contributed by atoms with E-state index in [1.165, 1.54) is 0 Å². The summed E-state index contributed by atoms with van der Waals surface area (Å²) in [5, 5.41) is 5.13. The summed E-state index contributed by atoms with van der Waals surface area (Å²) in [7, 11) is 1.64. The molecule has 4 nitrogen and oxygen atoms in total. The van der Waals surface area contributed by atoms with Crippen LogP contribution in [0.1, 0.15) is 34.6 Å². The lowest BCUT2D eigenvalue weighted by atomic mass is 10.1. The van der Waals surface area contributed by atoms with Crippen molar-refractivity contribution in [2.45, 2.75) is 40.7 Å². The molecule has 0 bridgehead atoms. The third-order valence-electron chi connectivity index (χ3n) is 4.19. The molecule has 0 saturated heterocycles. The number of aromatic nitrogens is 1. The minimum absolute atomic E-state index is 0.281. The van der Waals surface area contributed by atoms with Crippen LogP contribution in [0, 0.1) is 11.8 Å². The summed E-state index contributed by atoms with van der Waals surface area (Å²) < 4.78 is 5.45. The molecule has 5 heteroatoms. The Labute approximate surface area is 162 Å². The van der Waals surface area contributed by atoms with Crippen molar-refractivity contribution in [1.29, 1.82) is 0 Å². The average molecular weight is 378 g/mol. The Hall–Kier alpha value is -1.52. The number of rotatable bonds is 9. The van der Waals surface area contributed by atoms with Gasteiger partial charge in [0.05, 0.1) is 23.3 Å². The molecular formula is C21H32ClN3O. The van der Waals surface area contributed by atoms with Gasteiger partial charge in [-0.05, 0) is 30.9 Å². The maximum atomic E-state index is 6.45. The fraction of sp³-hybridized carbons (Fsp3) is 0.571. The quantitative estimate of drug-likeness (QED) is 0.642. The third-order valence-corrected chi connectivity index (χ3v) is 4.58. The van der Waals surface area contributed by atoms with Gasteiger partial charge in [-0.2, -0.15) is 0 Å². The number of pyridine rings is 1. The predicted octanol–water partition coefficient (Wildman–Crippen LogP) is 5.31. The van der Waals surface area contributed by atoms with Gasteiger partial charge in [0.25, 0.3) is 0 Å². The van der Waals surface area contributed by atoms with E-state index in [1.54, 1.807) is 13.3 Å². The zero-order chi connectivity index (χ0) is 19.3. The van der Waals surface area contributed by atoms with Crippen molar-refractivity contribution in [1.82, 2.24) is 9.88 Å². The molecule has 1 heterocycles. The van der Waals surface area contributed by atoms with E-state index in [2.05, 4.69) is 49.8 Å². The number of benzene rings is 1. The first-order valence-corrected chi connectivity index (χ1v) is 9.79. The van der Waals surface area contributed by atoms with Crippen LogP contribution in [0.5, 0.6) is 5.75 Å². The van der Waals surface area contributed by atoms with Gasteiger partial charge in [-0.15, -0.1) is 0 Å². The van der Waals surface area contributed by atoms with E-state index in [-0.39, 0.29) is 6.04 Å². The van der Waals surface area contributed by atoms with Crippen molar-refractivity contribution < 1.29 is 4.74 Å². The normalized spacial score (nSPS) is 13.0. The van der Waals surface area contributed by atoms with Crippen molar-refractivity contribution in [3.8, 4) is 5.75 Å². The van der Waals surface area contributed by atoms with Gasteiger partial charge >= 0.3 is 0 Å². The van der Waals surface area contributed by atoms with Gasteiger partial charge in [-0.3, -0.25) is 4.98 Å². The summed E-state index contributed by atoms with van der Waals surface area (Å²) in [5.74, 6) is 1.97. The molecule has 144 valence electrons. The molecule has 1 N–H and O–H groups in total. The molecule has 0 spiro atoms. The summed E-state index contributed by atoms with van der Waals surface area (Å²) in [6.45, 7) is 14.5. The monoisotopic (exact) mass is 377 g/mol. The number of hydrogen-bond acceptors (Lipinski definition) is 4. The highest BCUT2D eigenvalue weighted by atomic mass is 35.5. The Kier molecular flexibility index (Phi) is 7.54. The SMILES string of the molecule is COc1cc(N[C@H](C)CN(CC(C)C)CC(C)C)c2ncccc2c1Cl. The fourth-order valence-electron chi connectivity index (χ4n) is 3.41. The lowest BCUT2D eigenvalue weighted by Gasteiger charge is -2.29. The fourth-order valence-corrected chi connectivity index (χ4v) is 3.69. The highest BCUT2D eigenvalue weighted by Crippen LogP contribution is 2.37. The molecule has 0 fully saturated rings. The molecule has 1 atom stereocenters. The van der Waals surface area contributed by atoms with Gasteiger partial charge in [0.15, 0.2) is 0 Å². The molecule has 2 rings (SSSR count). The van der Waals surface area contributed by atoms with Crippen LogP contribution in [0.3, 0.4) is 0 Å². The second-order valence-electron chi connectivity index (χ2n) is 7.89. The van der Waals surface area contributed by atoms with E-state index in [0.29, 0.717) is 22.6 Å². The van der Waals surface area contributed by atoms with Gasteiger partial charge < -0.3 is 15.0 Å². The lowest BCUT2D eigenvalue weighted by molar-refractivity contribution is 0.214. The largest absolute Gasteiger partial charge is 0.495 e. The molecule has 2 aromatic rings. The molecule has 0 amide bonds. The van der Waals surface area contributed by atoms with Gasteiger partial charge in [0.1, 0.15) is 5.75 Å². The van der Waals surface area contributed by atoms with Crippen molar-refractivity contribution in [2.75, 3.05) is 32.1 Å². The third kappa shape index (κ3) is 5.49. The summed E-state index contributed by atoms with van der Waals surface area (Å²) in [6, 6.07) is 6.10. The first kappa shape index (κ1) is 20.8. The number of hydrogen-bond donors (Lipinski definition) is 1. The average Bonchev–Trinajstić information content (AvgIpc) is 2.56. The first-order valence-electron chi connectivity index (χ1n) is 9.41. The Morgan fingerprint density at radius 1 is 1.12 bits per heavy atom. The smallest absolute Gasteiger partial charge is 0.140 e. The highest BCUT2D eigenvalue weighted by Gasteiger charge is 2.16. The Bertz CT molecular complexity index is 708. The molecule has 1 aromatic heterocycles. The maximum Gasteiger partial charge on any atom is 0.140 e. The van der Waals surface area contributed by atoms with Gasteiger partial charge in [-0.25, -0.2) is 0 Å². The maximum absolute atomic E-state index is 6.45. The predicted molar refractivity (Wildman–Crippen MR) is 113 cm³/mol. The number of halogens is 1. The molecule has 0 aliphatic heterocycles. The Morgan fingerprint density at radius 2 is 1.77 bits per heavy atom. The first-order chi connectivity index (χ1) is 12.3. The van der Waals surface area contributed by atoms with E-state index in [4.69, 9.17) is 16.3 Å². The van der Waals surface area contributed by atoms with Crippen LogP contribution in [0.4, 0.5) is 5.69 Å². The number of fused-ring (bicyclic) bond motifs is 1. The number of ether oxygens (including phenoxy) is 1.